The molecule has 0 spiro atoms. The zero-order chi connectivity index (χ0) is 19.1. The van der Waals surface area contributed by atoms with Crippen LogP contribution in [0.25, 0.3) is 6.08 Å². The molecule has 2 aromatic carbocycles. The lowest BCUT2D eigenvalue weighted by Crippen LogP contribution is -2.33. The zero-order valence-corrected chi connectivity index (χ0v) is 15.9. The second-order valence-electron chi connectivity index (χ2n) is 6.61. The first-order valence-corrected chi connectivity index (χ1v) is 10.7. The third-order valence-corrected chi connectivity index (χ3v) is 5.70. The fourth-order valence-corrected chi connectivity index (χ4v) is 4.08. The highest BCUT2D eigenvalue weighted by atomic mass is 32.2. The third kappa shape index (κ3) is 5.77. The SMILES string of the molecule is O=C(CCNS(=O)(=O)/C=C/c1ccccc1)NC1CCCc2ccccc21. The van der Waals surface area contributed by atoms with Crippen LogP contribution in [0.5, 0.6) is 0 Å². The molecule has 142 valence electrons. The lowest BCUT2D eigenvalue weighted by Gasteiger charge is -2.26. The van der Waals surface area contributed by atoms with Gasteiger partial charge in [0.15, 0.2) is 0 Å². The number of hydrogen-bond donors (Lipinski definition) is 2. The van der Waals surface area contributed by atoms with Crippen molar-refractivity contribution in [1.82, 2.24) is 10.0 Å². The zero-order valence-electron chi connectivity index (χ0n) is 15.1. The summed E-state index contributed by atoms with van der Waals surface area (Å²) in [5.41, 5.74) is 3.25. The monoisotopic (exact) mass is 384 g/mol. The van der Waals surface area contributed by atoms with Crippen LogP contribution < -0.4 is 10.0 Å². The Hall–Kier alpha value is -2.44. The Balaban J connectivity index is 1.48. The normalized spacial score (nSPS) is 16.8. The molecule has 5 nitrogen and oxygen atoms in total. The van der Waals surface area contributed by atoms with Crippen LogP contribution in [0.4, 0.5) is 0 Å². The maximum atomic E-state index is 12.2. The Morgan fingerprint density at radius 1 is 1.07 bits per heavy atom. The number of benzene rings is 2. The molecule has 0 bridgehead atoms. The van der Waals surface area contributed by atoms with E-state index >= 15 is 0 Å². The summed E-state index contributed by atoms with van der Waals surface area (Å²) >= 11 is 0. The summed E-state index contributed by atoms with van der Waals surface area (Å²) in [5.74, 6) is -0.147. The number of aryl methyl sites for hydroxylation is 1. The summed E-state index contributed by atoms with van der Waals surface area (Å²) in [6, 6.07) is 17.4. The molecule has 0 radical (unpaired) electrons. The molecular formula is C21H24N2O3S. The van der Waals surface area contributed by atoms with Crippen molar-refractivity contribution < 1.29 is 13.2 Å². The molecule has 2 N–H and O–H groups in total. The van der Waals surface area contributed by atoms with Gasteiger partial charge in [0.2, 0.25) is 15.9 Å². The topological polar surface area (TPSA) is 75.3 Å². The summed E-state index contributed by atoms with van der Waals surface area (Å²) in [7, 11) is -3.57. The van der Waals surface area contributed by atoms with E-state index in [0.29, 0.717) is 0 Å². The highest BCUT2D eigenvalue weighted by Crippen LogP contribution is 2.29. The van der Waals surface area contributed by atoms with E-state index in [1.807, 2.05) is 42.5 Å². The molecule has 1 amide bonds. The first-order chi connectivity index (χ1) is 13.0. The van der Waals surface area contributed by atoms with Gasteiger partial charge in [-0.3, -0.25) is 4.79 Å². The van der Waals surface area contributed by atoms with Gasteiger partial charge in [0.25, 0.3) is 0 Å². The van der Waals surface area contributed by atoms with Gasteiger partial charge in [-0.2, -0.15) is 0 Å². The Morgan fingerprint density at radius 2 is 1.81 bits per heavy atom. The summed E-state index contributed by atoms with van der Waals surface area (Å²) in [6.45, 7) is 0.0711. The Morgan fingerprint density at radius 3 is 2.63 bits per heavy atom. The van der Waals surface area contributed by atoms with Gasteiger partial charge in [0.1, 0.15) is 0 Å². The molecule has 27 heavy (non-hydrogen) atoms. The number of amides is 1. The van der Waals surface area contributed by atoms with E-state index in [1.54, 1.807) is 0 Å². The van der Waals surface area contributed by atoms with Gasteiger partial charge in [0, 0.05) is 18.4 Å². The Bertz CT molecular complexity index is 908. The fourth-order valence-electron chi connectivity index (χ4n) is 3.26. The third-order valence-electron chi connectivity index (χ3n) is 4.60. The summed E-state index contributed by atoms with van der Waals surface area (Å²) in [5, 5.41) is 4.15. The largest absolute Gasteiger partial charge is 0.349 e. The predicted octanol–water partition coefficient (Wildman–Crippen LogP) is 3.16. The number of rotatable bonds is 7. The molecule has 0 saturated heterocycles. The van der Waals surface area contributed by atoms with Gasteiger partial charge in [-0.15, -0.1) is 0 Å². The maximum absolute atomic E-state index is 12.2. The van der Waals surface area contributed by atoms with Gasteiger partial charge in [0.05, 0.1) is 6.04 Å². The molecule has 0 aromatic heterocycles. The van der Waals surface area contributed by atoms with Gasteiger partial charge < -0.3 is 5.32 Å². The molecule has 1 aliphatic carbocycles. The van der Waals surface area contributed by atoms with E-state index < -0.39 is 10.0 Å². The molecule has 1 aliphatic rings. The van der Waals surface area contributed by atoms with Gasteiger partial charge in [-0.1, -0.05) is 54.6 Å². The van der Waals surface area contributed by atoms with E-state index in [0.717, 1.165) is 30.2 Å². The predicted molar refractivity (Wildman–Crippen MR) is 107 cm³/mol. The van der Waals surface area contributed by atoms with Gasteiger partial charge in [-0.05, 0) is 42.0 Å². The van der Waals surface area contributed by atoms with Crippen molar-refractivity contribution in [3.63, 3.8) is 0 Å². The average molecular weight is 385 g/mol. The van der Waals surface area contributed by atoms with Crippen LogP contribution in [0, 0.1) is 0 Å². The average Bonchev–Trinajstić information content (AvgIpc) is 2.67. The van der Waals surface area contributed by atoms with Crippen molar-refractivity contribution in [3.8, 4) is 0 Å². The smallest absolute Gasteiger partial charge is 0.233 e. The minimum Gasteiger partial charge on any atom is -0.349 e. The van der Waals surface area contributed by atoms with E-state index in [2.05, 4.69) is 22.2 Å². The minimum atomic E-state index is -3.57. The van der Waals surface area contributed by atoms with Crippen molar-refractivity contribution in [2.75, 3.05) is 6.54 Å². The number of sulfonamides is 1. The molecule has 0 fully saturated rings. The first-order valence-electron chi connectivity index (χ1n) is 9.13. The van der Waals surface area contributed by atoms with E-state index in [-0.39, 0.29) is 24.9 Å². The minimum absolute atomic E-state index is 0.0111. The molecule has 0 saturated carbocycles. The summed E-state index contributed by atoms with van der Waals surface area (Å²) in [4.78, 5) is 12.2. The van der Waals surface area contributed by atoms with Crippen LogP contribution >= 0.6 is 0 Å². The molecule has 3 rings (SSSR count). The summed E-state index contributed by atoms with van der Waals surface area (Å²) in [6.07, 6.45) is 4.63. The van der Waals surface area contributed by atoms with Crippen LogP contribution in [-0.2, 0) is 21.2 Å². The van der Waals surface area contributed by atoms with Crippen LogP contribution in [0.15, 0.2) is 60.0 Å². The molecule has 1 atom stereocenters. The van der Waals surface area contributed by atoms with E-state index in [4.69, 9.17) is 0 Å². The summed E-state index contributed by atoms with van der Waals surface area (Å²) < 4.78 is 26.5. The van der Waals surface area contributed by atoms with Gasteiger partial charge in [-0.25, -0.2) is 13.1 Å². The highest BCUT2D eigenvalue weighted by Gasteiger charge is 2.21. The fraction of sp³-hybridized carbons (Fsp3) is 0.286. The van der Waals surface area contributed by atoms with Crippen LogP contribution in [0.3, 0.4) is 0 Å². The molecular weight excluding hydrogens is 360 g/mol. The van der Waals surface area contributed by atoms with Crippen molar-refractivity contribution in [2.24, 2.45) is 0 Å². The second kappa shape index (κ2) is 8.97. The molecule has 1 unspecified atom stereocenters. The molecule has 0 aliphatic heterocycles. The number of carbonyl (C=O) groups is 1. The number of carbonyl (C=O) groups excluding carboxylic acids is 1. The van der Waals surface area contributed by atoms with E-state index in [1.165, 1.54) is 17.2 Å². The van der Waals surface area contributed by atoms with Crippen molar-refractivity contribution in [1.29, 1.82) is 0 Å². The lowest BCUT2D eigenvalue weighted by molar-refractivity contribution is -0.121. The Kier molecular flexibility index (Phi) is 6.42. The Labute approximate surface area is 160 Å². The molecule has 0 heterocycles. The van der Waals surface area contributed by atoms with Crippen molar-refractivity contribution >= 4 is 22.0 Å². The molecule has 6 heteroatoms. The van der Waals surface area contributed by atoms with Gasteiger partial charge >= 0.3 is 0 Å². The lowest BCUT2D eigenvalue weighted by atomic mass is 9.88. The second-order valence-corrected chi connectivity index (χ2v) is 8.26. The number of hydrogen-bond acceptors (Lipinski definition) is 3. The van der Waals surface area contributed by atoms with E-state index in [9.17, 15) is 13.2 Å². The molecule has 2 aromatic rings. The van der Waals surface area contributed by atoms with Crippen LogP contribution in [0.1, 0.15) is 42.0 Å². The first kappa shape index (κ1) is 19.3. The quantitative estimate of drug-likeness (QED) is 0.770. The van der Waals surface area contributed by atoms with Crippen molar-refractivity contribution in [2.45, 2.75) is 31.7 Å². The number of fused-ring (bicyclic) bond motifs is 1. The highest BCUT2D eigenvalue weighted by molar-refractivity contribution is 7.92. The van der Waals surface area contributed by atoms with Crippen LogP contribution in [-0.4, -0.2) is 20.9 Å². The number of nitrogens with one attached hydrogen (secondary N) is 2. The van der Waals surface area contributed by atoms with Crippen LogP contribution in [0.2, 0.25) is 0 Å². The van der Waals surface area contributed by atoms with Crippen molar-refractivity contribution in [3.05, 3.63) is 76.7 Å². The standard InChI is InChI=1S/C21H24N2O3S/c24-21(23-20-12-6-10-18-9-4-5-11-19(18)20)13-15-22-27(25,26)16-14-17-7-2-1-3-8-17/h1-5,7-9,11,14,16,20,22H,6,10,12-13,15H2,(H,23,24)/b16-14+. The maximum Gasteiger partial charge on any atom is 0.233 e.